The Labute approximate surface area is 117 Å². The highest BCUT2D eigenvalue weighted by molar-refractivity contribution is 7.71. The number of rotatable bonds is 4. The van der Waals surface area contributed by atoms with Gasteiger partial charge in [-0.2, -0.15) is 0 Å². The standard InChI is InChI=1S/C13H18ClN3S/c1-8(2)4-5-9(3)17-12-11(16-13(17)18)6-10(14)7-15-12/h6-9H,4-5H2,1-3H3,(H,16,18). The Balaban J connectivity index is 2.38. The molecule has 1 N–H and O–H groups in total. The summed E-state index contributed by atoms with van der Waals surface area (Å²) in [4.78, 5) is 7.55. The molecule has 0 aliphatic rings. The van der Waals surface area contributed by atoms with Gasteiger partial charge in [0.2, 0.25) is 0 Å². The number of hydrogen-bond donors (Lipinski definition) is 1. The maximum absolute atomic E-state index is 5.94. The smallest absolute Gasteiger partial charge is 0.179 e. The van der Waals surface area contributed by atoms with Gasteiger partial charge in [-0.15, -0.1) is 0 Å². The topological polar surface area (TPSA) is 33.6 Å². The summed E-state index contributed by atoms with van der Waals surface area (Å²) in [6, 6.07) is 2.22. The molecule has 0 aliphatic heterocycles. The lowest BCUT2D eigenvalue weighted by atomic mass is 10.0. The minimum absolute atomic E-state index is 0.349. The summed E-state index contributed by atoms with van der Waals surface area (Å²) in [5.41, 5.74) is 1.80. The molecule has 0 aromatic carbocycles. The monoisotopic (exact) mass is 283 g/mol. The Morgan fingerprint density at radius 2 is 2.11 bits per heavy atom. The van der Waals surface area contributed by atoms with Gasteiger partial charge in [-0.1, -0.05) is 25.4 Å². The molecule has 0 spiro atoms. The lowest BCUT2D eigenvalue weighted by Gasteiger charge is -2.15. The highest BCUT2D eigenvalue weighted by atomic mass is 35.5. The molecule has 98 valence electrons. The lowest BCUT2D eigenvalue weighted by Crippen LogP contribution is -2.07. The number of halogens is 1. The molecule has 2 aromatic rings. The van der Waals surface area contributed by atoms with Gasteiger partial charge >= 0.3 is 0 Å². The molecule has 3 nitrogen and oxygen atoms in total. The minimum atomic E-state index is 0.349. The highest BCUT2D eigenvalue weighted by Gasteiger charge is 2.12. The van der Waals surface area contributed by atoms with E-state index >= 15 is 0 Å². The van der Waals surface area contributed by atoms with E-state index in [2.05, 4.69) is 35.3 Å². The maximum Gasteiger partial charge on any atom is 0.179 e. The fourth-order valence-electron chi connectivity index (χ4n) is 2.10. The molecule has 5 heteroatoms. The van der Waals surface area contributed by atoms with E-state index in [1.807, 2.05) is 6.07 Å². The van der Waals surface area contributed by atoms with Crippen molar-refractivity contribution in [2.45, 2.75) is 39.7 Å². The largest absolute Gasteiger partial charge is 0.329 e. The zero-order chi connectivity index (χ0) is 13.3. The molecule has 2 rings (SSSR count). The third-order valence-corrected chi connectivity index (χ3v) is 3.63. The number of aromatic amines is 1. The molecular weight excluding hydrogens is 266 g/mol. The Hall–Kier alpha value is -0.870. The van der Waals surface area contributed by atoms with Gasteiger partial charge in [0.25, 0.3) is 0 Å². The molecule has 2 heterocycles. The zero-order valence-electron chi connectivity index (χ0n) is 10.9. The average molecular weight is 284 g/mol. The van der Waals surface area contributed by atoms with Crippen LogP contribution in [0.3, 0.4) is 0 Å². The van der Waals surface area contributed by atoms with Gasteiger partial charge in [0.15, 0.2) is 10.4 Å². The minimum Gasteiger partial charge on any atom is -0.329 e. The molecular formula is C13H18ClN3S. The van der Waals surface area contributed by atoms with Crippen LogP contribution in [0.15, 0.2) is 12.3 Å². The van der Waals surface area contributed by atoms with Crippen molar-refractivity contribution in [3.63, 3.8) is 0 Å². The maximum atomic E-state index is 5.94. The molecule has 2 aromatic heterocycles. The van der Waals surface area contributed by atoms with Gasteiger partial charge in [0, 0.05) is 12.2 Å². The first-order valence-corrected chi connectivity index (χ1v) is 7.03. The van der Waals surface area contributed by atoms with Crippen molar-refractivity contribution in [1.82, 2.24) is 14.5 Å². The second-order valence-corrected chi connectivity index (χ2v) is 5.97. The highest BCUT2D eigenvalue weighted by Crippen LogP contribution is 2.23. The van der Waals surface area contributed by atoms with Crippen LogP contribution in [0.25, 0.3) is 11.2 Å². The van der Waals surface area contributed by atoms with Gasteiger partial charge in [-0.3, -0.25) is 4.57 Å². The van der Waals surface area contributed by atoms with Crippen LogP contribution in [-0.4, -0.2) is 14.5 Å². The van der Waals surface area contributed by atoms with Crippen LogP contribution in [0, 0.1) is 10.7 Å². The SMILES string of the molecule is CC(C)CCC(C)n1c(=S)[nH]c2cc(Cl)cnc21. The van der Waals surface area contributed by atoms with Gasteiger partial charge < -0.3 is 4.98 Å². The Morgan fingerprint density at radius 1 is 1.39 bits per heavy atom. The Morgan fingerprint density at radius 3 is 2.78 bits per heavy atom. The number of aromatic nitrogens is 3. The van der Waals surface area contributed by atoms with E-state index in [9.17, 15) is 0 Å². The van der Waals surface area contributed by atoms with Gasteiger partial charge in [0.1, 0.15) is 0 Å². The molecule has 18 heavy (non-hydrogen) atoms. The first-order valence-electron chi connectivity index (χ1n) is 6.24. The number of fused-ring (bicyclic) bond motifs is 1. The van der Waals surface area contributed by atoms with E-state index in [0.29, 0.717) is 17.0 Å². The van der Waals surface area contributed by atoms with Crippen molar-refractivity contribution in [3.05, 3.63) is 22.1 Å². The van der Waals surface area contributed by atoms with Crippen molar-refractivity contribution in [1.29, 1.82) is 0 Å². The summed E-state index contributed by atoms with van der Waals surface area (Å²) in [5, 5.41) is 0.626. The number of hydrogen-bond acceptors (Lipinski definition) is 2. The van der Waals surface area contributed by atoms with E-state index in [0.717, 1.165) is 22.4 Å². The molecule has 1 atom stereocenters. The fourth-order valence-corrected chi connectivity index (χ4v) is 2.63. The second-order valence-electron chi connectivity index (χ2n) is 5.15. The van der Waals surface area contributed by atoms with E-state index < -0.39 is 0 Å². The van der Waals surface area contributed by atoms with Gasteiger partial charge in [-0.05, 0) is 44.0 Å². The number of H-pyrrole nitrogens is 1. The molecule has 0 amide bonds. The molecule has 0 bridgehead atoms. The summed E-state index contributed by atoms with van der Waals surface area (Å²) in [5.74, 6) is 0.703. The van der Waals surface area contributed by atoms with Crippen LogP contribution in [0.4, 0.5) is 0 Å². The predicted octanol–water partition coefficient (Wildman–Crippen LogP) is 4.74. The quantitative estimate of drug-likeness (QED) is 0.822. The van der Waals surface area contributed by atoms with Crippen molar-refractivity contribution in [2.75, 3.05) is 0 Å². The van der Waals surface area contributed by atoms with Crippen molar-refractivity contribution >= 4 is 35.0 Å². The van der Waals surface area contributed by atoms with E-state index in [4.69, 9.17) is 23.8 Å². The summed E-state index contributed by atoms with van der Waals surface area (Å²) < 4.78 is 2.81. The zero-order valence-corrected chi connectivity index (χ0v) is 12.5. The van der Waals surface area contributed by atoms with Crippen LogP contribution in [0.1, 0.15) is 39.7 Å². The second kappa shape index (κ2) is 5.41. The number of nitrogens with zero attached hydrogens (tertiary/aromatic N) is 2. The van der Waals surface area contributed by atoms with E-state index in [1.165, 1.54) is 6.42 Å². The average Bonchev–Trinajstić information content (AvgIpc) is 2.61. The third-order valence-electron chi connectivity index (χ3n) is 3.12. The summed E-state index contributed by atoms with van der Waals surface area (Å²) in [7, 11) is 0. The van der Waals surface area contributed by atoms with E-state index in [1.54, 1.807) is 6.20 Å². The predicted molar refractivity (Wildman–Crippen MR) is 78.7 cm³/mol. The van der Waals surface area contributed by atoms with Crippen molar-refractivity contribution < 1.29 is 0 Å². The van der Waals surface area contributed by atoms with Crippen LogP contribution in [-0.2, 0) is 0 Å². The van der Waals surface area contributed by atoms with Crippen LogP contribution in [0.2, 0.25) is 5.02 Å². The van der Waals surface area contributed by atoms with Gasteiger partial charge in [-0.25, -0.2) is 4.98 Å². The summed E-state index contributed by atoms with van der Waals surface area (Å²) in [6.45, 7) is 6.65. The summed E-state index contributed by atoms with van der Waals surface area (Å²) in [6.07, 6.45) is 3.95. The normalized spacial score (nSPS) is 13.4. The molecule has 0 radical (unpaired) electrons. The Kier molecular flexibility index (Phi) is 4.07. The number of pyridine rings is 1. The van der Waals surface area contributed by atoms with Crippen LogP contribution < -0.4 is 0 Å². The third kappa shape index (κ3) is 2.75. The number of nitrogens with one attached hydrogen (secondary N) is 1. The van der Waals surface area contributed by atoms with Crippen molar-refractivity contribution in [2.24, 2.45) is 5.92 Å². The van der Waals surface area contributed by atoms with Gasteiger partial charge in [0.05, 0.1) is 10.5 Å². The molecule has 0 saturated heterocycles. The molecule has 0 fully saturated rings. The molecule has 0 saturated carbocycles. The Bertz CT molecular complexity index is 600. The van der Waals surface area contributed by atoms with Crippen molar-refractivity contribution in [3.8, 4) is 0 Å². The van der Waals surface area contributed by atoms with Crippen LogP contribution in [0.5, 0.6) is 0 Å². The molecule has 1 unspecified atom stereocenters. The lowest BCUT2D eigenvalue weighted by molar-refractivity contribution is 0.442. The first kappa shape index (κ1) is 13.6. The van der Waals surface area contributed by atoms with Crippen LogP contribution >= 0.6 is 23.8 Å². The number of imidazole rings is 1. The summed E-state index contributed by atoms with van der Waals surface area (Å²) >= 11 is 11.3. The first-order chi connectivity index (χ1) is 8.49. The molecule has 0 aliphatic carbocycles. The fraction of sp³-hybridized carbons (Fsp3) is 0.538. The van der Waals surface area contributed by atoms with E-state index in [-0.39, 0.29) is 0 Å².